The van der Waals surface area contributed by atoms with Gasteiger partial charge in [-0.2, -0.15) is 4.98 Å². The van der Waals surface area contributed by atoms with Crippen molar-refractivity contribution in [2.75, 3.05) is 43.6 Å². The van der Waals surface area contributed by atoms with Crippen LogP contribution < -0.4 is 20.3 Å². The van der Waals surface area contributed by atoms with Crippen LogP contribution in [-0.2, 0) is 4.74 Å². The number of nitrogens with one attached hydrogen (secondary N) is 2. The molecule has 2 atom stereocenters. The van der Waals surface area contributed by atoms with E-state index in [-0.39, 0.29) is 11.9 Å². The molecule has 1 fully saturated rings. The summed E-state index contributed by atoms with van der Waals surface area (Å²) in [5, 5.41) is 11.8. The van der Waals surface area contributed by atoms with Gasteiger partial charge < -0.3 is 25.0 Å². The number of hydrogen-bond donors (Lipinski definition) is 2. The van der Waals surface area contributed by atoms with Crippen LogP contribution in [0.3, 0.4) is 0 Å². The molecule has 0 spiro atoms. The molecular formula is C26H32N8O3. The number of aromatic nitrogens is 5. The summed E-state index contributed by atoms with van der Waals surface area (Å²) in [5.74, 6) is 0.114. The van der Waals surface area contributed by atoms with Crippen molar-refractivity contribution in [1.29, 1.82) is 0 Å². The fourth-order valence-electron chi connectivity index (χ4n) is 4.85. The second-order valence-corrected chi connectivity index (χ2v) is 9.58. The van der Waals surface area contributed by atoms with Crippen molar-refractivity contribution in [3.8, 4) is 6.01 Å². The molecule has 11 nitrogen and oxygen atoms in total. The Hall–Kier alpha value is -3.83. The topological polar surface area (TPSA) is 119 Å². The third-order valence-electron chi connectivity index (χ3n) is 6.34. The minimum atomic E-state index is -0.316. The number of fused-ring (bicyclic) bond motifs is 2. The van der Waals surface area contributed by atoms with Crippen molar-refractivity contribution in [3.63, 3.8) is 0 Å². The van der Waals surface area contributed by atoms with Gasteiger partial charge in [0.25, 0.3) is 5.91 Å². The first kappa shape index (κ1) is 24.8. The summed E-state index contributed by atoms with van der Waals surface area (Å²) in [4.78, 5) is 29.4. The van der Waals surface area contributed by atoms with Crippen LogP contribution in [0.25, 0.3) is 16.6 Å². The number of nitrogens with zero attached hydrogens (tertiary/aromatic N) is 6. The van der Waals surface area contributed by atoms with Crippen molar-refractivity contribution in [2.24, 2.45) is 0 Å². The van der Waals surface area contributed by atoms with E-state index in [2.05, 4.69) is 49.4 Å². The Labute approximate surface area is 215 Å². The van der Waals surface area contributed by atoms with Crippen LogP contribution in [0.5, 0.6) is 6.01 Å². The summed E-state index contributed by atoms with van der Waals surface area (Å²) in [5.41, 5.74) is 4.45. The third-order valence-corrected chi connectivity index (χ3v) is 6.34. The Bertz CT molecular complexity index is 1440. The lowest BCUT2D eigenvalue weighted by Gasteiger charge is -2.38. The van der Waals surface area contributed by atoms with Gasteiger partial charge in [0.2, 0.25) is 0 Å². The fourth-order valence-corrected chi connectivity index (χ4v) is 4.85. The molecule has 1 aliphatic heterocycles. The lowest BCUT2D eigenvalue weighted by Crippen LogP contribution is -2.54. The molecule has 0 aliphatic carbocycles. The van der Waals surface area contributed by atoms with Gasteiger partial charge in [0, 0.05) is 49.6 Å². The fraction of sp³-hybridized carbons (Fsp3) is 0.423. The number of methoxy groups -OCH3 is 1. The highest BCUT2D eigenvalue weighted by Crippen LogP contribution is 2.31. The molecule has 1 saturated heterocycles. The number of aryl methyl sites for hydroxylation is 2. The number of imidazole rings is 1. The van der Waals surface area contributed by atoms with Gasteiger partial charge in [-0.15, -0.1) is 5.10 Å². The maximum atomic E-state index is 13.5. The largest absolute Gasteiger partial charge is 0.461 e. The summed E-state index contributed by atoms with van der Waals surface area (Å²) in [7, 11) is 1.60. The first-order valence-corrected chi connectivity index (χ1v) is 12.4. The van der Waals surface area contributed by atoms with Crippen LogP contribution in [0.4, 0.5) is 11.5 Å². The smallest absolute Gasteiger partial charge is 0.317 e. The summed E-state index contributed by atoms with van der Waals surface area (Å²) < 4.78 is 12.4. The van der Waals surface area contributed by atoms with Gasteiger partial charge >= 0.3 is 6.01 Å². The molecule has 0 radical (unpaired) electrons. The first-order chi connectivity index (χ1) is 17.8. The van der Waals surface area contributed by atoms with Gasteiger partial charge in [-0.05, 0) is 51.5 Å². The van der Waals surface area contributed by atoms with E-state index in [0.717, 1.165) is 41.1 Å². The zero-order chi connectivity index (χ0) is 26.1. The lowest BCUT2D eigenvalue weighted by molar-refractivity contribution is 0.102. The van der Waals surface area contributed by atoms with Crippen molar-refractivity contribution >= 4 is 34.0 Å². The maximum Gasteiger partial charge on any atom is 0.317 e. The van der Waals surface area contributed by atoms with Crippen LogP contribution in [0, 0.1) is 13.8 Å². The van der Waals surface area contributed by atoms with Crippen LogP contribution in [0.15, 0.2) is 30.6 Å². The van der Waals surface area contributed by atoms with E-state index in [9.17, 15) is 4.79 Å². The molecule has 37 heavy (non-hydrogen) atoms. The van der Waals surface area contributed by atoms with Crippen LogP contribution in [-0.4, -0.2) is 76.0 Å². The minimum absolute atomic E-state index is 0.196. The molecule has 1 aliphatic rings. The van der Waals surface area contributed by atoms with E-state index in [4.69, 9.17) is 9.47 Å². The molecule has 4 heterocycles. The predicted molar refractivity (Wildman–Crippen MR) is 142 cm³/mol. The molecule has 0 unspecified atom stereocenters. The monoisotopic (exact) mass is 504 g/mol. The number of piperazine rings is 1. The Morgan fingerprint density at radius 1 is 1.16 bits per heavy atom. The minimum Gasteiger partial charge on any atom is -0.461 e. The highest BCUT2D eigenvalue weighted by atomic mass is 16.5. The molecule has 5 rings (SSSR count). The van der Waals surface area contributed by atoms with Crippen molar-refractivity contribution < 1.29 is 14.3 Å². The van der Waals surface area contributed by atoms with E-state index in [0.29, 0.717) is 42.2 Å². The van der Waals surface area contributed by atoms with E-state index in [1.54, 1.807) is 17.8 Å². The van der Waals surface area contributed by atoms with E-state index in [1.807, 2.05) is 38.2 Å². The highest BCUT2D eigenvalue weighted by Gasteiger charge is 2.25. The summed E-state index contributed by atoms with van der Waals surface area (Å²) in [6, 6.07) is 6.45. The second-order valence-electron chi connectivity index (χ2n) is 9.58. The van der Waals surface area contributed by atoms with E-state index >= 15 is 0 Å². The lowest BCUT2D eigenvalue weighted by atomic mass is 10.0. The Kier molecular flexibility index (Phi) is 6.90. The number of carbonyl (C=O) groups is 1. The number of hydrogen-bond acceptors (Lipinski definition) is 9. The van der Waals surface area contributed by atoms with Gasteiger partial charge in [0.1, 0.15) is 6.61 Å². The molecule has 1 amide bonds. The van der Waals surface area contributed by atoms with Gasteiger partial charge in [0.15, 0.2) is 11.5 Å². The van der Waals surface area contributed by atoms with Gasteiger partial charge in [-0.25, -0.2) is 14.5 Å². The Morgan fingerprint density at radius 2 is 1.95 bits per heavy atom. The van der Waals surface area contributed by atoms with Gasteiger partial charge in [-0.1, -0.05) is 0 Å². The highest BCUT2D eigenvalue weighted by molar-refractivity contribution is 6.13. The molecule has 1 aromatic carbocycles. The Balaban J connectivity index is 1.53. The van der Waals surface area contributed by atoms with Crippen LogP contribution in [0.1, 0.15) is 35.5 Å². The predicted octanol–water partition coefficient (Wildman–Crippen LogP) is 2.75. The van der Waals surface area contributed by atoms with Gasteiger partial charge in [0.05, 0.1) is 29.6 Å². The number of anilines is 2. The van der Waals surface area contributed by atoms with Crippen molar-refractivity contribution in [3.05, 3.63) is 47.4 Å². The zero-order valence-electron chi connectivity index (χ0n) is 21.8. The molecule has 0 saturated carbocycles. The zero-order valence-corrected chi connectivity index (χ0v) is 21.8. The Morgan fingerprint density at radius 3 is 2.70 bits per heavy atom. The molecular weight excluding hydrogens is 472 g/mol. The SMILES string of the molecule is COCCOc1ncc2c(N3C[C@@H](C)N[C@@H](C)C3)ccc(C(=O)Nc3cc(C)c4nc(C)cn4n3)c2n1. The van der Waals surface area contributed by atoms with E-state index < -0.39 is 0 Å². The molecule has 11 heteroatoms. The summed E-state index contributed by atoms with van der Waals surface area (Å²) in [6.07, 6.45) is 3.56. The molecule has 194 valence electrons. The normalized spacial score (nSPS) is 17.9. The van der Waals surface area contributed by atoms with Crippen LogP contribution in [0.2, 0.25) is 0 Å². The maximum absolute atomic E-state index is 13.5. The van der Waals surface area contributed by atoms with Gasteiger partial charge in [-0.3, -0.25) is 4.79 Å². The molecule has 4 aromatic rings. The van der Waals surface area contributed by atoms with Crippen LogP contribution >= 0.6 is 0 Å². The van der Waals surface area contributed by atoms with E-state index in [1.165, 1.54) is 0 Å². The molecule has 0 bridgehead atoms. The average molecular weight is 505 g/mol. The number of rotatable bonds is 7. The number of carbonyl (C=O) groups excluding carboxylic acids is 1. The second kappa shape index (κ2) is 10.3. The number of benzene rings is 1. The third kappa shape index (κ3) is 5.18. The summed E-state index contributed by atoms with van der Waals surface area (Å²) >= 11 is 0. The first-order valence-electron chi connectivity index (χ1n) is 12.4. The number of amides is 1. The number of ether oxygens (including phenoxy) is 2. The molecule has 3 aromatic heterocycles. The van der Waals surface area contributed by atoms with Crippen molar-refractivity contribution in [1.82, 2.24) is 29.9 Å². The summed E-state index contributed by atoms with van der Waals surface area (Å²) in [6.45, 7) is 10.6. The average Bonchev–Trinajstić information content (AvgIpc) is 3.23. The molecule has 2 N–H and O–H groups in total. The quantitative estimate of drug-likeness (QED) is 0.366. The standard InChI is InChI=1S/C26H32N8O3/c1-15-10-22(32-34-14-18(4)29-24(15)34)30-25(35)19-6-7-21(33-12-16(2)28-17(3)13-33)20-11-27-26(31-23(19)20)37-9-8-36-5/h6-7,10-11,14,16-17,28H,8-9,12-13H2,1-5H3,(H,30,32,35)/t16-,17+. The van der Waals surface area contributed by atoms with Crippen molar-refractivity contribution in [2.45, 2.75) is 39.8 Å².